The first-order chi connectivity index (χ1) is 11.7. The fourth-order valence-corrected chi connectivity index (χ4v) is 2.73. The lowest BCUT2D eigenvalue weighted by Gasteiger charge is -2.03. The third-order valence-electron chi connectivity index (χ3n) is 3.21. The Kier molecular flexibility index (Phi) is 7.09. The molecule has 0 bridgehead atoms. The molecule has 0 amide bonds. The minimum Gasteiger partial charge on any atom is -0.494 e. The van der Waals surface area contributed by atoms with Gasteiger partial charge in [-0.3, -0.25) is 5.43 Å². The van der Waals surface area contributed by atoms with Crippen LogP contribution in [0.1, 0.15) is 12.5 Å². The van der Waals surface area contributed by atoms with Crippen LogP contribution in [-0.2, 0) is 0 Å². The van der Waals surface area contributed by atoms with E-state index in [9.17, 15) is 4.39 Å². The number of halogens is 2. The average Bonchev–Trinajstić information content (AvgIpc) is 3.07. The maximum atomic E-state index is 12.8. The molecule has 0 fully saturated rings. The molecule has 0 aliphatic heterocycles. The Morgan fingerprint density at radius 2 is 1.88 bits per heavy atom. The molecule has 0 spiro atoms. The van der Waals surface area contributed by atoms with Gasteiger partial charge in [0, 0.05) is 10.9 Å². The number of nitrogens with one attached hydrogen (secondary N) is 1. The summed E-state index contributed by atoms with van der Waals surface area (Å²) in [6, 6.07) is 13.9. The molecule has 1 aromatic heterocycles. The molecule has 0 unspecified atom stereocenters. The molecule has 1 N–H and O–H groups in total. The maximum Gasteiger partial charge on any atom is 0.203 e. The summed E-state index contributed by atoms with van der Waals surface area (Å²) in [6.07, 6.45) is 1.62. The second-order valence-electron chi connectivity index (χ2n) is 4.92. The van der Waals surface area contributed by atoms with Crippen molar-refractivity contribution in [1.29, 1.82) is 0 Å². The summed E-state index contributed by atoms with van der Waals surface area (Å²) < 4.78 is 18.3. The Morgan fingerprint density at radius 1 is 1.16 bits per heavy atom. The van der Waals surface area contributed by atoms with Crippen molar-refractivity contribution in [3.63, 3.8) is 0 Å². The molecule has 130 valence electrons. The van der Waals surface area contributed by atoms with Crippen LogP contribution in [0.15, 0.2) is 59.0 Å². The molecule has 0 aliphatic carbocycles. The molecule has 25 heavy (non-hydrogen) atoms. The Balaban J connectivity index is 0.00000225. The minimum atomic E-state index is -0.264. The lowest BCUT2D eigenvalue weighted by molar-refractivity contribution is 0.340. The molecule has 7 heteroatoms. The van der Waals surface area contributed by atoms with Crippen molar-refractivity contribution in [3.05, 3.63) is 65.3 Å². The predicted octanol–water partition coefficient (Wildman–Crippen LogP) is 5.37. The Labute approximate surface area is 160 Å². The van der Waals surface area contributed by atoms with Gasteiger partial charge in [-0.05, 0) is 48.9 Å². The Hall–Kier alpha value is -2.25. The highest BCUT2D eigenvalue weighted by Crippen LogP contribution is 2.26. The summed E-state index contributed by atoms with van der Waals surface area (Å²) in [6.45, 7) is 2.61. The SMILES string of the molecule is Br.CCOc1ccc(-c2csc(N/N=C/c3ccc(F)cc3)n2)cc1. The fraction of sp³-hybridized carbons (Fsp3) is 0.111. The van der Waals surface area contributed by atoms with Gasteiger partial charge in [-0.2, -0.15) is 5.10 Å². The minimum absolute atomic E-state index is 0. The van der Waals surface area contributed by atoms with E-state index in [4.69, 9.17) is 4.74 Å². The van der Waals surface area contributed by atoms with Crippen LogP contribution < -0.4 is 10.2 Å². The van der Waals surface area contributed by atoms with Crippen molar-refractivity contribution in [1.82, 2.24) is 4.98 Å². The molecule has 1 heterocycles. The van der Waals surface area contributed by atoms with Crippen LogP contribution in [0.4, 0.5) is 9.52 Å². The van der Waals surface area contributed by atoms with Crippen LogP contribution in [0.5, 0.6) is 5.75 Å². The van der Waals surface area contributed by atoms with Crippen LogP contribution in [0.2, 0.25) is 0 Å². The van der Waals surface area contributed by atoms with E-state index in [2.05, 4.69) is 15.5 Å². The third kappa shape index (κ3) is 5.37. The zero-order valence-electron chi connectivity index (χ0n) is 13.5. The number of aromatic nitrogens is 1. The van der Waals surface area contributed by atoms with Gasteiger partial charge in [0.1, 0.15) is 11.6 Å². The van der Waals surface area contributed by atoms with Gasteiger partial charge in [-0.25, -0.2) is 9.37 Å². The molecule has 3 rings (SSSR count). The summed E-state index contributed by atoms with van der Waals surface area (Å²) in [7, 11) is 0. The monoisotopic (exact) mass is 421 g/mol. The summed E-state index contributed by atoms with van der Waals surface area (Å²) in [5.41, 5.74) is 5.60. The van der Waals surface area contributed by atoms with Crippen molar-refractivity contribution < 1.29 is 9.13 Å². The van der Waals surface area contributed by atoms with E-state index in [1.807, 2.05) is 36.6 Å². The largest absolute Gasteiger partial charge is 0.494 e. The third-order valence-corrected chi connectivity index (χ3v) is 3.96. The zero-order chi connectivity index (χ0) is 16.8. The summed E-state index contributed by atoms with van der Waals surface area (Å²) in [5.74, 6) is 0.582. The molecule has 4 nitrogen and oxygen atoms in total. The maximum absolute atomic E-state index is 12.8. The molecular weight excluding hydrogens is 405 g/mol. The quantitative estimate of drug-likeness (QED) is 0.429. The number of ether oxygens (including phenoxy) is 1. The first-order valence-electron chi connectivity index (χ1n) is 7.48. The number of anilines is 1. The molecule has 3 aromatic rings. The number of benzene rings is 2. The van der Waals surface area contributed by atoms with Crippen LogP contribution in [-0.4, -0.2) is 17.8 Å². The Morgan fingerprint density at radius 3 is 2.56 bits per heavy atom. The normalized spacial score (nSPS) is 10.5. The van der Waals surface area contributed by atoms with Crippen LogP contribution in [0.3, 0.4) is 0 Å². The first-order valence-corrected chi connectivity index (χ1v) is 8.36. The number of rotatable bonds is 6. The highest BCUT2D eigenvalue weighted by Gasteiger charge is 2.04. The van der Waals surface area contributed by atoms with E-state index in [-0.39, 0.29) is 22.8 Å². The first kappa shape index (κ1) is 19.1. The second kappa shape index (κ2) is 9.29. The smallest absolute Gasteiger partial charge is 0.203 e. The van der Waals surface area contributed by atoms with Gasteiger partial charge >= 0.3 is 0 Å². The zero-order valence-corrected chi connectivity index (χ0v) is 16.0. The number of nitrogens with zero attached hydrogens (tertiary/aromatic N) is 2. The topological polar surface area (TPSA) is 46.5 Å². The van der Waals surface area contributed by atoms with Gasteiger partial charge in [0.15, 0.2) is 0 Å². The molecular formula is C18H17BrFN3OS. The number of hydrazone groups is 1. The van der Waals surface area contributed by atoms with E-state index in [0.29, 0.717) is 11.7 Å². The van der Waals surface area contributed by atoms with Gasteiger partial charge in [0.25, 0.3) is 0 Å². The highest BCUT2D eigenvalue weighted by atomic mass is 79.9. The van der Waals surface area contributed by atoms with E-state index < -0.39 is 0 Å². The highest BCUT2D eigenvalue weighted by molar-refractivity contribution is 8.93. The number of hydrogen-bond donors (Lipinski definition) is 1. The molecule has 2 aromatic carbocycles. The van der Waals surface area contributed by atoms with Crippen molar-refractivity contribution in [2.75, 3.05) is 12.0 Å². The summed E-state index contributed by atoms with van der Waals surface area (Å²) >= 11 is 1.47. The van der Waals surface area contributed by atoms with E-state index >= 15 is 0 Å². The average molecular weight is 422 g/mol. The number of thiazole rings is 1. The van der Waals surface area contributed by atoms with Gasteiger partial charge in [-0.15, -0.1) is 28.3 Å². The van der Waals surface area contributed by atoms with E-state index in [1.54, 1.807) is 18.3 Å². The Bertz CT molecular complexity index is 819. The van der Waals surface area contributed by atoms with E-state index in [0.717, 1.165) is 22.6 Å². The molecule has 0 saturated heterocycles. The van der Waals surface area contributed by atoms with Crippen molar-refractivity contribution in [3.8, 4) is 17.0 Å². The van der Waals surface area contributed by atoms with Gasteiger partial charge < -0.3 is 4.74 Å². The van der Waals surface area contributed by atoms with Crippen molar-refractivity contribution in [2.24, 2.45) is 5.10 Å². The standard InChI is InChI=1S/C18H16FN3OS.BrH/c1-2-23-16-9-5-14(6-10-16)17-12-24-18(21-17)22-20-11-13-3-7-15(19)8-4-13;/h3-12H,2H2,1H3,(H,21,22);1H/b20-11+;. The lowest BCUT2D eigenvalue weighted by Crippen LogP contribution is -1.91. The molecule has 0 atom stereocenters. The number of hydrogen-bond acceptors (Lipinski definition) is 5. The van der Waals surface area contributed by atoms with Crippen LogP contribution in [0, 0.1) is 5.82 Å². The predicted molar refractivity (Wildman–Crippen MR) is 107 cm³/mol. The molecule has 0 saturated carbocycles. The van der Waals surface area contributed by atoms with Crippen molar-refractivity contribution >= 4 is 39.7 Å². The summed E-state index contributed by atoms with van der Waals surface area (Å²) in [5, 5.41) is 6.77. The van der Waals surface area contributed by atoms with Crippen molar-refractivity contribution in [2.45, 2.75) is 6.92 Å². The van der Waals surface area contributed by atoms with Gasteiger partial charge in [-0.1, -0.05) is 12.1 Å². The van der Waals surface area contributed by atoms with Crippen LogP contribution >= 0.6 is 28.3 Å². The van der Waals surface area contributed by atoms with Gasteiger partial charge in [0.05, 0.1) is 18.5 Å². The molecule has 0 radical (unpaired) electrons. The van der Waals surface area contributed by atoms with Gasteiger partial charge in [0.2, 0.25) is 5.13 Å². The lowest BCUT2D eigenvalue weighted by atomic mass is 10.2. The molecule has 0 aliphatic rings. The fourth-order valence-electron chi connectivity index (χ4n) is 2.06. The van der Waals surface area contributed by atoms with E-state index in [1.165, 1.54) is 23.5 Å². The van der Waals surface area contributed by atoms with Crippen LogP contribution in [0.25, 0.3) is 11.3 Å². The summed E-state index contributed by atoms with van der Waals surface area (Å²) in [4.78, 5) is 4.49. The second-order valence-corrected chi connectivity index (χ2v) is 5.77.